The molecule has 0 aromatic carbocycles. The summed E-state index contributed by atoms with van der Waals surface area (Å²) >= 11 is 5.88. The largest absolute Gasteiger partial charge is 0.379 e. The molecule has 0 aliphatic carbocycles. The molecule has 80 valence electrons. The average Bonchev–Trinajstić information content (AvgIpc) is 2.65. The summed E-state index contributed by atoms with van der Waals surface area (Å²) in [6.07, 6.45) is 0. The summed E-state index contributed by atoms with van der Waals surface area (Å²) in [7, 11) is 2.11. The van der Waals surface area contributed by atoms with Crippen LogP contribution in [0.25, 0.3) is 0 Å². The molecule has 0 N–H and O–H groups in total. The third-order valence-electron chi connectivity index (χ3n) is 1.86. The van der Waals surface area contributed by atoms with Gasteiger partial charge in [-0.15, -0.1) is 11.3 Å². The standard InChI is InChI=1S/C10H17NOS2/c1-11(4-5-12-6-7-13)9-10-3-2-8-14-10/h2-3,8,13H,4-7,9H2,1H3. The number of ether oxygens (including phenoxy) is 1. The molecule has 0 radical (unpaired) electrons. The zero-order valence-electron chi connectivity index (χ0n) is 8.48. The molecule has 4 heteroatoms. The molecule has 0 unspecified atom stereocenters. The lowest BCUT2D eigenvalue weighted by atomic mass is 10.4. The van der Waals surface area contributed by atoms with Gasteiger partial charge in [-0.05, 0) is 18.5 Å². The van der Waals surface area contributed by atoms with Crippen molar-refractivity contribution in [3.05, 3.63) is 22.4 Å². The monoisotopic (exact) mass is 231 g/mol. The van der Waals surface area contributed by atoms with Gasteiger partial charge in [0, 0.05) is 23.7 Å². The number of thiophene rings is 1. The molecule has 0 aliphatic rings. The van der Waals surface area contributed by atoms with Crippen molar-refractivity contribution in [1.82, 2.24) is 4.90 Å². The number of nitrogens with zero attached hydrogens (tertiary/aromatic N) is 1. The maximum Gasteiger partial charge on any atom is 0.0593 e. The lowest BCUT2D eigenvalue weighted by Crippen LogP contribution is -2.22. The molecular weight excluding hydrogens is 214 g/mol. The molecule has 1 heterocycles. The number of likely N-dealkylation sites (N-methyl/N-ethyl adjacent to an activating group) is 1. The van der Waals surface area contributed by atoms with Crippen molar-refractivity contribution in [2.45, 2.75) is 6.54 Å². The van der Waals surface area contributed by atoms with E-state index in [0.29, 0.717) is 0 Å². The van der Waals surface area contributed by atoms with Crippen molar-refractivity contribution in [2.75, 3.05) is 32.6 Å². The molecule has 2 nitrogen and oxygen atoms in total. The Bertz CT molecular complexity index is 226. The molecule has 14 heavy (non-hydrogen) atoms. The lowest BCUT2D eigenvalue weighted by molar-refractivity contribution is 0.123. The Hall–Kier alpha value is -0.0300. The SMILES string of the molecule is CN(CCOCCS)Cc1cccs1. The van der Waals surface area contributed by atoms with Gasteiger partial charge in [0.05, 0.1) is 13.2 Å². The van der Waals surface area contributed by atoms with E-state index < -0.39 is 0 Å². The van der Waals surface area contributed by atoms with E-state index >= 15 is 0 Å². The van der Waals surface area contributed by atoms with Crippen molar-refractivity contribution in [2.24, 2.45) is 0 Å². The van der Waals surface area contributed by atoms with Gasteiger partial charge in [0.1, 0.15) is 0 Å². The first kappa shape index (κ1) is 12.0. The van der Waals surface area contributed by atoms with Gasteiger partial charge in [0.2, 0.25) is 0 Å². The molecule has 0 spiro atoms. The van der Waals surface area contributed by atoms with Gasteiger partial charge in [0.25, 0.3) is 0 Å². The second kappa shape index (κ2) is 7.29. The molecule has 0 atom stereocenters. The minimum Gasteiger partial charge on any atom is -0.379 e. The number of thiol groups is 1. The molecule has 0 bridgehead atoms. The van der Waals surface area contributed by atoms with Crippen LogP contribution in [0.2, 0.25) is 0 Å². The molecule has 1 rings (SSSR count). The fourth-order valence-corrected chi connectivity index (χ4v) is 2.05. The smallest absolute Gasteiger partial charge is 0.0593 e. The summed E-state index contributed by atoms with van der Waals surface area (Å²) in [6, 6.07) is 4.25. The third-order valence-corrected chi connectivity index (χ3v) is 2.90. The van der Waals surface area contributed by atoms with Gasteiger partial charge >= 0.3 is 0 Å². The second-order valence-corrected chi connectivity index (χ2v) is 4.63. The highest BCUT2D eigenvalue weighted by atomic mass is 32.1. The van der Waals surface area contributed by atoms with Gasteiger partial charge < -0.3 is 4.74 Å². The highest BCUT2D eigenvalue weighted by Crippen LogP contribution is 2.10. The zero-order valence-corrected chi connectivity index (χ0v) is 10.2. The number of hydrogen-bond donors (Lipinski definition) is 1. The van der Waals surface area contributed by atoms with Crippen LogP contribution in [0, 0.1) is 0 Å². The number of rotatable bonds is 7. The van der Waals surface area contributed by atoms with E-state index in [4.69, 9.17) is 4.74 Å². The first-order valence-corrected chi connectivity index (χ1v) is 6.23. The summed E-state index contributed by atoms with van der Waals surface area (Å²) in [5.74, 6) is 0.800. The first-order chi connectivity index (χ1) is 6.83. The minimum absolute atomic E-state index is 0.746. The van der Waals surface area contributed by atoms with Crippen LogP contribution < -0.4 is 0 Å². The molecular formula is C10H17NOS2. The number of hydrogen-bond acceptors (Lipinski definition) is 4. The Morgan fingerprint density at radius 1 is 1.50 bits per heavy atom. The molecule has 0 saturated carbocycles. The van der Waals surface area contributed by atoms with Gasteiger partial charge in [0.15, 0.2) is 0 Å². The first-order valence-electron chi connectivity index (χ1n) is 4.72. The molecule has 1 aromatic rings. The Kier molecular flexibility index (Phi) is 6.27. The van der Waals surface area contributed by atoms with Crippen molar-refractivity contribution in [1.29, 1.82) is 0 Å². The third kappa shape index (κ3) is 5.00. The van der Waals surface area contributed by atoms with Crippen molar-refractivity contribution in [3.8, 4) is 0 Å². The normalized spacial score (nSPS) is 11.1. The van der Waals surface area contributed by atoms with Gasteiger partial charge in [-0.2, -0.15) is 12.6 Å². The van der Waals surface area contributed by atoms with Crippen LogP contribution >= 0.6 is 24.0 Å². The van der Waals surface area contributed by atoms with Crippen LogP contribution in [-0.4, -0.2) is 37.5 Å². The summed E-state index contributed by atoms with van der Waals surface area (Å²) < 4.78 is 5.36. The zero-order chi connectivity index (χ0) is 10.2. The molecule has 0 fully saturated rings. The van der Waals surface area contributed by atoms with E-state index in [9.17, 15) is 0 Å². The average molecular weight is 231 g/mol. The fourth-order valence-electron chi connectivity index (χ4n) is 1.13. The van der Waals surface area contributed by atoms with Gasteiger partial charge in [-0.25, -0.2) is 0 Å². The van der Waals surface area contributed by atoms with Crippen molar-refractivity contribution in [3.63, 3.8) is 0 Å². The molecule has 0 saturated heterocycles. The van der Waals surface area contributed by atoms with E-state index in [2.05, 4.69) is 42.1 Å². The molecule has 0 amide bonds. The minimum atomic E-state index is 0.746. The van der Waals surface area contributed by atoms with Crippen LogP contribution in [0.1, 0.15) is 4.88 Å². The van der Waals surface area contributed by atoms with Gasteiger partial charge in [-0.3, -0.25) is 4.90 Å². The highest BCUT2D eigenvalue weighted by molar-refractivity contribution is 7.80. The Morgan fingerprint density at radius 3 is 3.00 bits per heavy atom. The molecule has 0 aliphatic heterocycles. The van der Waals surface area contributed by atoms with Crippen molar-refractivity contribution < 1.29 is 4.74 Å². The Labute approximate surface area is 95.3 Å². The topological polar surface area (TPSA) is 12.5 Å². The van der Waals surface area contributed by atoms with Crippen LogP contribution in [-0.2, 0) is 11.3 Å². The van der Waals surface area contributed by atoms with E-state index in [1.54, 1.807) is 11.3 Å². The summed E-state index contributed by atoms with van der Waals surface area (Å²) in [5.41, 5.74) is 0. The predicted molar refractivity (Wildman–Crippen MR) is 65.3 cm³/mol. The maximum atomic E-state index is 5.36. The lowest BCUT2D eigenvalue weighted by Gasteiger charge is -2.15. The van der Waals surface area contributed by atoms with Gasteiger partial charge in [-0.1, -0.05) is 6.07 Å². The van der Waals surface area contributed by atoms with Crippen LogP contribution in [0.5, 0.6) is 0 Å². The maximum absolute atomic E-state index is 5.36. The van der Waals surface area contributed by atoms with Crippen LogP contribution in [0.3, 0.4) is 0 Å². The van der Waals surface area contributed by atoms with Crippen LogP contribution in [0.4, 0.5) is 0 Å². The van der Waals surface area contributed by atoms with E-state index in [1.165, 1.54) is 4.88 Å². The quantitative estimate of drug-likeness (QED) is 0.570. The summed E-state index contributed by atoms with van der Waals surface area (Å²) in [5, 5.41) is 2.11. The fraction of sp³-hybridized carbons (Fsp3) is 0.600. The highest BCUT2D eigenvalue weighted by Gasteiger charge is 2.00. The van der Waals surface area contributed by atoms with Crippen molar-refractivity contribution >= 4 is 24.0 Å². The summed E-state index contributed by atoms with van der Waals surface area (Å²) in [4.78, 5) is 3.67. The Balaban J connectivity index is 2.07. The molecule has 1 aromatic heterocycles. The predicted octanol–water partition coefficient (Wildman–Crippen LogP) is 2.13. The van der Waals surface area contributed by atoms with E-state index in [-0.39, 0.29) is 0 Å². The van der Waals surface area contributed by atoms with E-state index in [0.717, 1.165) is 32.1 Å². The van der Waals surface area contributed by atoms with E-state index in [1.807, 2.05) is 0 Å². The second-order valence-electron chi connectivity index (χ2n) is 3.15. The van der Waals surface area contributed by atoms with Crippen LogP contribution in [0.15, 0.2) is 17.5 Å². The summed E-state index contributed by atoms with van der Waals surface area (Å²) in [6.45, 7) is 3.53. The Morgan fingerprint density at radius 2 is 2.36 bits per heavy atom.